The van der Waals surface area contributed by atoms with Crippen LogP contribution in [0, 0.1) is 11.3 Å². The van der Waals surface area contributed by atoms with Crippen LogP contribution in [-0.2, 0) is 30.6 Å². The van der Waals surface area contributed by atoms with Crippen LogP contribution in [0.15, 0.2) is 46.3 Å². The fraction of sp³-hybridized carbons (Fsp3) is 0.238. The molecule has 1 aromatic carbocycles. The summed E-state index contributed by atoms with van der Waals surface area (Å²) in [6, 6.07) is 7.71. The van der Waals surface area contributed by atoms with E-state index >= 15 is 0 Å². The molecule has 0 spiro atoms. The monoisotopic (exact) mass is 514 g/mol. The largest absolute Gasteiger partial charge is 0.490 e. The van der Waals surface area contributed by atoms with Crippen LogP contribution in [0.25, 0.3) is 0 Å². The zero-order valence-electron chi connectivity index (χ0n) is 18.1. The van der Waals surface area contributed by atoms with Crippen LogP contribution in [-0.4, -0.2) is 62.8 Å². The fourth-order valence-electron chi connectivity index (χ4n) is 3.45. The van der Waals surface area contributed by atoms with Crippen LogP contribution in [0.4, 0.5) is 5.13 Å². The van der Waals surface area contributed by atoms with Crippen LogP contribution in [0.3, 0.4) is 0 Å². The van der Waals surface area contributed by atoms with E-state index in [2.05, 4.69) is 15.5 Å². The summed E-state index contributed by atoms with van der Waals surface area (Å²) in [7, 11) is 1.26. The van der Waals surface area contributed by atoms with Crippen LogP contribution in [0.2, 0.25) is 0 Å². The maximum Gasteiger partial charge on any atom is 0.356 e. The number of nitrogens with zero attached hydrogens (tertiary/aromatic N) is 4. The molecule has 35 heavy (non-hydrogen) atoms. The minimum Gasteiger partial charge on any atom is -0.490 e. The van der Waals surface area contributed by atoms with Crippen molar-refractivity contribution in [3.63, 3.8) is 0 Å². The Morgan fingerprint density at radius 1 is 1.40 bits per heavy atom. The predicted octanol–water partition coefficient (Wildman–Crippen LogP) is 0.860. The fourth-order valence-corrected chi connectivity index (χ4v) is 5.27. The molecule has 1 fully saturated rings. The Hall–Kier alpha value is -4.09. The molecule has 180 valence electrons. The number of benzene rings is 1. The molecule has 4 N–H and O–H groups in total. The number of nitrogens with two attached hydrogens (primary N) is 1. The molecule has 12 nitrogen and oxygen atoms in total. The summed E-state index contributed by atoms with van der Waals surface area (Å²) in [6.45, 7) is 0.0683. The maximum atomic E-state index is 12.9. The Morgan fingerprint density at radius 3 is 2.74 bits per heavy atom. The lowest BCUT2D eigenvalue weighted by molar-refractivity contribution is -0.150. The summed E-state index contributed by atoms with van der Waals surface area (Å²) < 4.78 is 5.72. The van der Waals surface area contributed by atoms with Gasteiger partial charge in [0.2, 0.25) is 0 Å². The number of aromatic nitrogens is 1. The molecule has 0 bridgehead atoms. The number of thiazole rings is 1. The van der Waals surface area contributed by atoms with Gasteiger partial charge in [0.25, 0.3) is 11.8 Å². The summed E-state index contributed by atoms with van der Waals surface area (Å²) in [4.78, 5) is 47.5. The molecular formula is C21H18N6O6S2. The number of aliphatic carboxylic acids is 1. The van der Waals surface area contributed by atoms with Crippen molar-refractivity contribution in [2.24, 2.45) is 5.16 Å². The first-order chi connectivity index (χ1) is 16.8. The molecule has 2 aliphatic heterocycles. The summed E-state index contributed by atoms with van der Waals surface area (Å²) in [5.41, 5.74) is 6.62. The van der Waals surface area contributed by atoms with Gasteiger partial charge in [0.1, 0.15) is 36.6 Å². The number of nitrogen functional groups attached to an aromatic ring is 1. The number of carbonyl (C=O) groups is 3. The molecule has 2 aromatic rings. The van der Waals surface area contributed by atoms with Gasteiger partial charge in [-0.25, -0.2) is 9.78 Å². The average Bonchev–Trinajstić information content (AvgIpc) is 3.29. The summed E-state index contributed by atoms with van der Waals surface area (Å²) in [6.07, 6.45) is 0. The van der Waals surface area contributed by atoms with Crippen LogP contribution >= 0.6 is 23.1 Å². The number of fused-ring (bicyclic) bond motifs is 1. The molecular weight excluding hydrogens is 496 g/mol. The number of hydrogen-bond donors (Lipinski definition) is 3. The number of thioether (sulfide) groups is 1. The second kappa shape index (κ2) is 10.0. The third kappa shape index (κ3) is 4.77. The van der Waals surface area contributed by atoms with Gasteiger partial charge in [-0.05, 0) is 17.7 Å². The number of oxime groups is 1. The van der Waals surface area contributed by atoms with Gasteiger partial charge in [-0.3, -0.25) is 14.5 Å². The molecule has 0 radical (unpaired) electrons. The Bertz CT molecular complexity index is 1280. The highest BCUT2D eigenvalue weighted by molar-refractivity contribution is 8.00. The van der Waals surface area contributed by atoms with Gasteiger partial charge in [-0.1, -0.05) is 17.3 Å². The molecule has 0 aliphatic carbocycles. The van der Waals surface area contributed by atoms with E-state index in [4.69, 9.17) is 20.6 Å². The standard InChI is InChI=1S/C21H18N6O6S2/c1-32-26-14(12-8-35-21(23)24-12)17(28)25-15-18(29)27-16(20(30)31)13(9-34-19(15)27)33-7-11-4-2-10(6-22)3-5-11/h2-5,8,15,19H,7,9H2,1H3,(H2,23,24)(H,25,28)(H,30,31)/t15-,19+/m1/s1. The van der Waals surface area contributed by atoms with Gasteiger partial charge in [0.15, 0.2) is 16.5 Å². The topological polar surface area (TPSA) is 180 Å². The number of rotatable bonds is 8. The van der Waals surface area contributed by atoms with E-state index in [-0.39, 0.29) is 40.4 Å². The Kier molecular flexibility index (Phi) is 6.90. The first-order valence-corrected chi connectivity index (χ1v) is 11.9. The highest BCUT2D eigenvalue weighted by Gasteiger charge is 2.55. The number of ether oxygens (including phenoxy) is 1. The lowest BCUT2D eigenvalue weighted by atomic mass is 10.0. The van der Waals surface area contributed by atoms with Crippen molar-refractivity contribution in [3.05, 3.63) is 57.9 Å². The minimum absolute atomic E-state index is 0.0683. The highest BCUT2D eigenvalue weighted by atomic mass is 32.2. The van der Waals surface area contributed by atoms with Gasteiger partial charge in [-0.15, -0.1) is 23.1 Å². The average molecular weight is 515 g/mol. The Balaban J connectivity index is 1.48. The maximum absolute atomic E-state index is 12.9. The van der Waals surface area contributed by atoms with E-state index in [1.807, 2.05) is 6.07 Å². The lowest BCUT2D eigenvalue weighted by Gasteiger charge is -2.48. The quantitative estimate of drug-likeness (QED) is 0.260. The van der Waals surface area contributed by atoms with Crippen molar-refractivity contribution in [2.75, 3.05) is 18.6 Å². The lowest BCUT2D eigenvalue weighted by Crippen LogP contribution is -2.71. The molecule has 0 unspecified atom stereocenters. The van der Waals surface area contributed by atoms with E-state index < -0.39 is 29.2 Å². The third-order valence-corrected chi connectivity index (χ3v) is 7.01. The van der Waals surface area contributed by atoms with Gasteiger partial charge in [0, 0.05) is 5.38 Å². The van der Waals surface area contributed by atoms with Gasteiger partial charge >= 0.3 is 5.97 Å². The number of nitriles is 1. The van der Waals surface area contributed by atoms with E-state index in [1.165, 1.54) is 24.3 Å². The van der Waals surface area contributed by atoms with Crippen molar-refractivity contribution in [1.82, 2.24) is 15.2 Å². The molecule has 14 heteroatoms. The smallest absolute Gasteiger partial charge is 0.356 e. The number of β-lactam (4-membered cyclic amide) rings is 1. The van der Waals surface area contributed by atoms with Crippen molar-refractivity contribution < 1.29 is 29.1 Å². The number of carboxylic acids is 1. The van der Waals surface area contributed by atoms with Crippen molar-refractivity contribution in [2.45, 2.75) is 18.0 Å². The zero-order chi connectivity index (χ0) is 25.1. The molecule has 1 aromatic heterocycles. The Morgan fingerprint density at radius 2 is 2.14 bits per heavy atom. The van der Waals surface area contributed by atoms with Gasteiger partial charge < -0.3 is 25.7 Å². The van der Waals surface area contributed by atoms with E-state index in [0.29, 0.717) is 5.56 Å². The minimum atomic E-state index is -1.32. The summed E-state index contributed by atoms with van der Waals surface area (Å²) >= 11 is 2.37. The van der Waals surface area contributed by atoms with E-state index in [0.717, 1.165) is 21.8 Å². The number of carbonyl (C=O) groups excluding carboxylic acids is 2. The number of carboxylic acid groups (broad SMARTS) is 1. The number of nitrogens with one attached hydrogen (secondary N) is 1. The second-order valence-corrected chi connectivity index (χ2v) is 9.22. The molecule has 2 amide bonds. The van der Waals surface area contributed by atoms with Crippen molar-refractivity contribution >= 4 is 51.7 Å². The van der Waals surface area contributed by atoms with E-state index in [9.17, 15) is 19.5 Å². The molecule has 2 atom stereocenters. The normalized spacial score (nSPS) is 19.4. The summed E-state index contributed by atoms with van der Waals surface area (Å²) in [5.74, 6) is -2.30. The molecule has 4 rings (SSSR count). The summed E-state index contributed by atoms with van der Waals surface area (Å²) in [5, 5.41) is 26.1. The van der Waals surface area contributed by atoms with Crippen LogP contribution < -0.4 is 11.1 Å². The van der Waals surface area contributed by atoms with Gasteiger partial charge in [-0.2, -0.15) is 5.26 Å². The molecule has 3 heterocycles. The van der Waals surface area contributed by atoms with Crippen molar-refractivity contribution in [1.29, 1.82) is 5.26 Å². The number of hydrogen-bond acceptors (Lipinski definition) is 11. The SMILES string of the molecule is CON=C(C(=O)N[C@@H]1C(=O)N2C(C(=O)O)=C(OCc3ccc(C#N)cc3)CS[C@@H]12)c1csc(N)n1. The zero-order valence-corrected chi connectivity index (χ0v) is 19.8. The first kappa shape index (κ1) is 24.0. The molecule has 2 aliphatic rings. The predicted molar refractivity (Wildman–Crippen MR) is 126 cm³/mol. The number of amides is 2. The third-order valence-electron chi connectivity index (χ3n) is 5.08. The molecule has 1 saturated heterocycles. The van der Waals surface area contributed by atoms with E-state index in [1.54, 1.807) is 24.3 Å². The van der Waals surface area contributed by atoms with Crippen LogP contribution in [0.1, 0.15) is 16.8 Å². The molecule has 0 saturated carbocycles. The Labute approximate surface area is 207 Å². The second-order valence-electron chi connectivity index (χ2n) is 7.23. The first-order valence-electron chi connectivity index (χ1n) is 10.0. The van der Waals surface area contributed by atoms with Crippen molar-refractivity contribution in [3.8, 4) is 6.07 Å². The van der Waals surface area contributed by atoms with Gasteiger partial charge in [0.05, 0.1) is 17.4 Å². The number of anilines is 1. The van der Waals surface area contributed by atoms with Crippen LogP contribution in [0.5, 0.6) is 0 Å². The highest BCUT2D eigenvalue weighted by Crippen LogP contribution is 2.40.